The van der Waals surface area contributed by atoms with E-state index < -0.39 is 0 Å². The Morgan fingerprint density at radius 2 is 2.31 bits per heavy atom. The van der Waals surface area contributed by atoms with Crippen molar-refractivity contribution in [1.29, 1.82) is 5.26 Å². The number of rotatable bonds is 5. The maximum Gasteiger partial charge on any atom is 0.230 e. The summed E-state index contributed by atoms with van der Waals surface area (Å²) in [4.78, 5) is 11.5. The molecule has 4 nitrogen and oxygen atoms in total. The van der Waals surface area contributed by atoms with Gasteiger partial charge in [0.1, 0.15) is 0 Å². The van der Waals surface area contributed by atoms with Crippen molar-refractivity contribution in [3.05, 3.63) is 0 Å². The smallest absolute Gasteiger partial charge is 0.230 e. The zero-order valence-electron chi connectivity index (χ0n) is 9.66. The van der Waals surface area contributed by atoms with Crippen molar-refractivity contribution in [2.45, 2.75) is 37.5 Å². The molecule has 1 saturated heterocycles. The molecule has 2 N–H and O–H groups in total. The zero-order valence-corrected chi connectivity index (χ0v) is 10.5. The van der Waals surface area contributed by atoms with Crippen molar-refractivity contribution >= 4 is 17.7 Å². The summed E-state index contributed by atoms with van der Waals surface area (Å²) in [5.41, 5.74) is 0. The Kier molecular flexibility index (Phi) is 6.27. The van der Waals surface area contributed by atoms with Gasteiger partial charge in [0, 0.05) is 11.3 Å². The third-order valence-electron chi connectivity index (χ3n) is 2.54. The third kappa shape index (κ3) is 5.38. The highest BCUT2D eigenvalue weighted by Gasteiger charge is 2.15. The third-order valence-corrected chi connectivity index (χ3v) is 3.91. The minimum absolute atomic E-state index is 0.0360. The molecule has 0 bridgehead atoms. The lowest BCUT2D eigenvalue weighted by Gasteiger charge is -2.22. The fraction of sp³-hybridized carbons (Fsp3) is 0.818. The van der Waals surface area contributed by atoms with Gasteiger partial charge in [0.25, 0.3) is 0 Å². The van der Waals surface area contributed by atoms with Gasteiger partial charge in [-0.3, -0.25) is 4.79 Å². The van der Waals surface area contributed by atoms with Gasteiger partial charge in [-0.05, 0) is 32.9 Å². The molecule has 1 rings (SSSR count). The standard InChI is InChI=1S/C11H19N3OS/c1-9(2-5-12)14-11(15)8-16-10-3-6-13-7-4-10/h9-10,13H,2-4,6-8H2,1H3,(H,14,15). The number of nitriles is 1. The van der Waals surface area contributed by atoms with Gasteiger partial charge < -0.3 is 10.6 Å². The molecule has 0 spiro atoms. The highest BCUT2D eigenvalue weighted by Crippen LogP contribution is 2.19. The number of carbonyl (C=O) groups excluding carboxylic acids is 1. The first-order valence-corrected chi connectivity index (χ1v) is 6.76. The van der Waals surface area contributed by atoms with E-state index in [1.54, 1.807) is 11.8 Å². The Labute approximate surface area is 101 Å². The summed E-state index contributed by atoms with van der Waals surface area (Å²) in [6, 6.07) is 2.01. The molecule has 90 valence electrons. The lowest BCUT2D eigenvalue weighted by atomic mass is 10.2. The number of nitrogens with one attached hydrogen (secondary N) is 2. The van der Waals surface area contributed by atoms with Gasteiger partial charge in [-0.1, -0.05) is 0 Å². The first-order valence-electron chi connectivity index (χ1n) is 5.71. The first-order chi connectivity index (χ1) is 7.72. The number of amides is 1. The van der Waals surface area contributed by atoms with Crippen molar-refractivity contribution in [1.82, 2.24) is 10.6 Å². The molecule has 1 aliphatic rings. The van der Waals surface area contributed by atoms with Crippen LogP contribution in [0.1, 0.15) is 26.2 Å². The van der Waals surface area contributed by atoms with Crippen LogP contribution in [0, 0.1) is 11.3 Å². The van der Waals surface area contributed by atoms with E-state index in [1.165, 1.54) is 0 Å². The fourth-order valence-electron chi connectivity index (χ4n) is 1.66. The predicted octanol–water partition coefficient (Wildman–Crippen LogP) is 0.890. The van der Waals surface area contributed by atoms with Gasteiger partial charge in [0.15, 0.2) is 0 Å². The summed E-state index contributed by atoms with van der Waals surface area (Å²) < 4.78 is 0. The molecule has 1 atom stereocenters. The van der Waals surface area contributed by atoms with Crippen LogP contribution in [0.2, 0.25) is 0 Å². The molecule has 0 aromatic heterocycles. The quantitative estimate of drug-likeness (QED) is 0.750. The Morgan fingerprint density at radius 3 is 2.94 bits per heavy atom. The lowest BCUT2D eigenvalue weighted by Crippen LogP contribution is -2.35. The highest BCUT2D eigenvalue weighted by atomic mass is 32.2. The molecule has 1 amide bonds. The SMILES string of the molecule is CC(CC#N)NC(=O)CSC1CCNCC1. The molecule has 1 fully saturated rings. The van der Waals surface area contributed by atoms with Crippen molar-refractivity contribution < 1.29 is 4.79 Å². The van der Waals surface area contributed by atoms with E-state index in [-0.39, 0.29) is 11.9 Å². The number of hydrogen-bond acceptors (Lipinski definition) is 4. The molecule has 0 radical (unpaired) electrons. The summed E-state index contributed by atoms with van der Waals surface area (Å²) in [5, 5.41) is 15.2. The van der Waals surface area contributed by atoms with E-state index in [1.807, 2.05) is 13.0 Å². The number of carbonyl (C=O) groups is 1. The maximum atomic E-state index is 11.5. The van der Waals surface area contributed by atoms with Gasteiger partial charge in [0.05, 0.1) is 18.2 Å². The van der Waals surface area contributed by atoms with Crippen molar-refractivity contribution in [3.63, 3.8) is 0 Å². The van der Waals surface area contributed by atoms with Gasteiger partial charge in [-0.25, -0.2) is 0 Å². The second-order valence-electron chi connectivity index (χ2n) is 4.09. The molecule has 0 aromatic carbocycles. The van der Waals surface area contributed by atoms with Crippen molar-refractivity contribution in [3.8, 4) is 6.07 Å². The molecular weight excluding hydrogens is 222 g/mol. The fourth-order valence-corrected chi connectivity index (χ4v) is 2.70. The zero-order chi connectivity index (χ0) is 11.8. The Morgan fingerprint density at radius 1 is 1.62 bits per heavy atom. The molecule has 5 heteroatoms. The van der Waals surface area contributed by atoms with Gasteiger partial charge in [0.2, 0.25) is 5.91 Å². The topological polar surface area (TPSA) is 64.9 Å². The van der Waals surface area contributed by atoms with E-state index >= 15 is 0 Å². The van der Waals surface area contributed by atoms with Crippen LogP contribution in [0.5, 0.6) is 0 Å². The minimum Gasteiger partial charge on any atom is -0.352 e. The van der Waals surface area contributed by atoms with E-state index in [0.29, 0.717) is 17.4 Å². The molecular formula is C11H19N3OS. The largest absolute Gasteiger partial charge is 0.352 e. The van der Waals surface area contributed by atoms with Crippen LogP contribution in [0.3, 0.4) is 0 Å². The summed E-state index contributed by atoms with van der Waals surface area (Å²) in [7, 11) is 0. The van der Waals surface area contributed by atoms with Crippen molar-refractivity contribution in [2.24, 2.45) is 0 Å². The molecule has 16 heavy (non-hydrogen) atoms. The highest BCUT2D eigenvalue weighted by molar-refractivity contribution is 8.00. The van der Waals surface area contributed by atoms with Crippen LogP contribution in [-0.2, 0) is 4.79 Å². The van der Waals surface area contributed by atoms with E-state index in [9.17, 15) is 4.79 Å². The Hall–Kier alpha value is -0.730. The maximum absolute atomic E-state index is 11.5. The number of thioether (sulfide) groups is 1. The average Bonchev–Trinajstić information content (AvgIpc) is 2.28. The van der Waals surface area contributed by atoms with E-state index in [0.717, 1.165) is 25.9 Å². The van der Waals surface area contributed by atoms with Gasteiger partial charge in [-0.15, -0.1) is 11.8 Å². The lowest BCUT2D eigenvalue weighted by molar-refractivity contribution is -0.119. The van der Waals surface area contributed by atoms with Crippen LogP contribution in [0.25, 0.3) is 0 Å². The van der Waals surface area contributed by atoms with E-state index in [2.05, 4.69) is 10.6 Å². The monoisotopic (exact) mass is 241 g/mol. The number of hydrogen-bond donors (Lipinski definition) is 2. The van der Waals surface area contributed by atoms with Crippen LogP contribution >= 0.6 is 11.8 Å². The molecule has 1 heterocycles. The number of piperidine rings is 1. The summed E-state index contributed by atoms with van der Waals surface area (Å²) in [6.45, 7) is 3.98. The molecule has 0 aromatic rings. The summed E-state index contributed by atoms with van der Waals surface area (Å²) >= 11 is 1.73. The van der Waals surface area contributed by atoms with Gasteiger partial charge in [-0.2, -0.15) is 5.26 Å². The Balaban J connectivity index is 2.12. The second-order valence-corrected chi connectivity index (χ2v) is 5.38. The molecule has 1 unspecified atom stereocenters. The van der Waals surface area contributed by atoms with Crippen LogP contribution in [0.4, 0.5) is 0 Å². The Bertz CT molecular complexity index is 258. The first kappa shape index (κ1) is 13.3. The normalized spacial score (nSPS) is 18.8. The van der Waals surface area contributed by atoms with E-state index in [4.69, 9.17) is 5.26 Å². The van der Waals surface area contributed by atoms with Crippen LogP contribution in [-0.4, -0.2) is 36.0 Å². The number of nitrogens with zero attached hydrogens (tertiary/aromatic N) is 1. The van der Waals surface area contributed by atoms with Crippen molar-refractivity contribution in [2.75, 3.05) is 18.8 Å². The van der Waals surface area contributed by atoms with Gasteiger partial charge >= 0.3 is 0 Å². The minimum atomic E-state index is -0.0360. The molecule has 0 saturated carbocycles. The second kappa shape index (κ2) is 7.53. The molecule has 1 aliphatic heterocycles. The van der Waals surface area contributed by atoms with Crippen LogP contribution < -0.4 is 10.6 Å². The molecule has 0 aliphatic carbocycles. The summed E-state index contributed by atoms with van der Waals surface area (Å²) in [6.07, 6.45) is 2.67. The van der Waals surface area contributed by atoms with Crippen LogP contribution in [0.15, 0.2) is 0 Å². The predicted molar refractivity (Wildman–Crippen MR) is 66.2 cm³/mol. The average molecular weight is 241 g/mol. The summed E-state index contributed by atoms with van der Waals surface area (Å²) in [5.74, 6) is 0.562.